The van der Waals surface area contributed by atoms with Crippen LogP contribution in [0.15, 0.2) is 24.3 Å². The van der Waals surface area contributed by atoms with Crippen molar-refractivity contribution >= 4 is 18.2 Å². The lowest BCUT2D eigenvalue weighted by Gasteiger charge is -2.16. The Kier molecular flexibility index (Phi) is 3.74. The van der Waals surface area contributed by atoms with Gasteiger partial charge in [-0.25, -0.2) is 4.79 Å². The lowest BCUT2D eigenvalue weighted by atomic mass is 10.1. The zero-order chi connectivity index (χ0) is 14.8. The van der Waals surface area contributed by atoms with Crippen molar-refractivity contribution in [2.75, 3.05) is 13.2 Å². The third-order valence-corrected chi connectivity index (χ3v) is 3.04. The highest BCUT2D eigenvalue weighted by atomic mass is 16.5. The van der Waals surface area contributed by atoms with E-state index in [0.717, 1.165) is 11.2 Å². The van der Waals surface area contributed by atoms with Gasteiger partial charge in [-0.05, 0) is 38.1 Å². The molecule has 20 heavy (non-hydrogen) atoms. The molecule has 6 nitrogen and oxygen atoms in total. The summed E-state index contributed by atoms with van der Waals surface area (Å²) in [6, 6.07) is 6.21. The molecule has 2 rings (SSSR count). The van der Waals surface area contributed by atoms with Gasteiger partial charge in [0, 0.05) is 5.56 Å². The molecule has 1 aliphatic heterocycles. The summed E-state index contributed by atoms with van der Waals surface area (Å²) in [6.07, 6.45) is 0.749. The van der Waals surface area contributed by atoms with E-state index in [1.165, 1.54) is 0 Å². The molecule has 0 spiro atoms. The molecule has 0 saturated carbocycles. The van der Waals surface area contributed by atoms with Gasteiger partial charge in [-0.3, -0.25) is 14.5 Å². The Labute approximate surface area is 116 Å². The highest BCUT2D eigenvalue weighted by molar-refractivity contribution is 6.06. The summed E-state index contributed by atoms with van der Waals surface area (Å²) in [5.41, 5.74) is -0.295. The van der Waals surface area contributed by atoms with Gasteiger partial charge in [0.25, 0.3) is 5.91 Å². The fourth-order valence-electron chi connectivity index (χ4n) is 1.92. The summed E-state index contributed by atoms with van der Waals surface area (Å²) in [5, 5.41) is 2.60. The van der Waals surface area contributed by atoms with E-state index in [0.29, 0.717) is 11.3 Å². The largest absolute Gasteiger partial charge is 0.492 e. The Bertz CT molecular complexity index is 537. The van der Waals surface area contributed by atoms with E-state index in [1.54, 1.807) is 38.1 Å². The minimum absolute atomic E-state index is 0.184. The van der Waals surface area contributed by atoms with E-state index in [4.69, 9.17) is 4.74 Å². The molecule has 0 aliphatic carbocycles. The van der Waals surface area contributed by atoms with E-state index in [9.17, 15) is 14.4 Å². The molecular weight excluding hydrogens is 260 g/mol. The molecule has 0 aromatic heterocycles. The summed E-state index contributed by atoms with van der Waals surface area (Å²) >= 11 is 0. The van der Waals surface area contributed by atoms with Gasteiger partial charge in [0.05, 0.1) is 6.54 Å². The normalized spacial score (nSPS) is 17.0. The molecular formula is C14H16N2O4. The van der Waals surface area contributed by atoms with Gasteiger partial charge in [-0.1, -0.05) is 0 Å². The summed E-state index contributed by atoms with van der Waals surface area (Å²) < 4.78 is 5.44. The van der Waals surface area contributed by atoms with Crippen LogP contribution in [0, 0.1) is 0 Å². The highest BCUT2D eigenvalue weighted by Crippen LogP contribution is 2.16. The van der Waals surface area contributed by atoms with Crippen molar-refractivity contribution in [1.82, 2.24) is 10.2 Å². The van der Waals surface area contributed by atoms with Crippen molar-refractivity contribution in [2.45, 2.75) is 19.4 Å². The summed E-state index contributed by atoms with van der Waals surface area (Å²) in [7, 11) is 0. The molecule has 6 heteroatoms. The van der Waals surface area contributed by atoms with Crippen molar-refractivity contribution in [1.29, 1.82) is 0 Å². The molecule has 1 aliphatic rings. The van der Waals surface area contributed by atoms with E-state index >= 15 is 0 Å². The van der Waals surface area contributed by atoms with Crippen LogP contribution in [-0.4, -0.2) is 41.8 Å². The molecule has 0 bridgehead atoms. The molecule has 1 aromatic rings. The SMILES string of the molecule is CC1(C)NC(=O)N(CCOc2ccc(C=O)cc2)C1=O. The van der Waals surface area contributed by atoms with E-state index in [1.807, 2.05) is 0 Å². The Morgan fingerprint density at radius 2 is 1.90 bits per heavy atom. The Morgan fingerprint density at radius 3 is 2.40 bits per heavy atom. The number of hydrogen-bond donors (Lipinski definition) is 1. The van der Waals surface area contributed by atoms with Gasteiger partial charge in [-0.15, -0.1) is 0 Å². The molecule has 0 radical (unpaired) electrons. The van der Waals surface area contributed by atoms with Gasteiger partial charge in [0.2, 0.25) is 0 Å². The fourth-order valence-corrected chi connectivity index (χ4v) is 1.92. The molecule has 0 unspecified atom stereocenters. The van der Waals surface area contributed by atoms with E-state index < -0.39 is 11.6 Å². The standard InChI is InChI=1S/C14H16N2O4/c1-14(2)12(18)16(13(19)15-14)7-8-20-11-5-3-10(9-17)4-6-11/h3-6,9H,7-8H2,1-2H3,(H,15,19). The van der Waals surface area contributed by atoms with Crippen molar-refractivity contribution in [3.8, 4) is 5.75 Å². The molecule has 1 saturated heterocycles. The van der Waals surface area contributed by atoms with Crippen LogP contribution in [0.4, 0.5) is 4.79 Å². The molecule has 0 atom stereocenters. The van der Waals surface area contributed by atoms with Gasteiger partial charge in [-0.2, -0.15) is 0 Å². The number of amides is 3. The minimum atomic E-state index is -0.858. The molecule has 1 N–H and O–H groups in total. The van der Waals surface area contributed by atoms with Crippen LogP contribution in [0.5, 0.6) is 5.75 Å². The second kappa shape index (κ2) is 5.32. The first-order valence-electron chi connectivity index (χ1n) is 6.26. The van der Waals surface area contributed by atoms with Crippen molar-refractivity contribution in [3.63, 3.8) is 0 Å². The number of carbonyl (C=O) groups excluding carboxylic acids is 3. The quantitative estimate of drug-likeness (QED) is 0.648. The van der Waals surface area contributed by atoms with Crippen LogP contribution in [-0.2, 0) is 4.79 Å². The molecule has 1 heterocycles. The third kappa shape index (κ3) is 2.79. The van der Waals surface area contributed by atoms with Crippen LogP contribution in [0.25, 0.3) is 0 Å². The number of aldehydes is 1. The van der Waals surface area contributed by atoms with Gasteiger partial charge >= 0.3 is 6.03 Å². The smallest absolute Gasteiger partial charge is 0.325 e. The monoisotopic (exact) mass is 276 g/mol. The maximum atomic E-state index is 11.9. The van der Waals surface area contributed by atoms with Crippen molar-refractivity contribution < 1.29 is 19.1 Å². The first kappa shape index (κ1) is 14.0. The summed E-state index contributed by atoms with van der Waals surface area (Å²) in [5.74, 6) is 0.323. The van der Waals surface area contributed by atoms with Gasteiger partial charge < -0.3 is 10.1 Å². The van der Waals surface area contributed by atoms with Crippen LogP contribution < -0.4 is 10.1 Å². The summed E-state index contributed by atoms with van der Waals surface area (Å²) in [6.45, 7) is 3.71. The number of nitrogens with zero attached hydrogens (tertiary/aromatic N) is 1. The topological polar surface area (TPSA) is 75.7 Å². The van der Waals surface area contributed by atoms with E-state index in [-0.39, 0.29) is 19.1 Å². The van der Waals surface area contributed by atoms with Gasteiger partial charge in [0.15, 0.2) is 0 Å². The number of ether oxygens (including phenoxy) is 1. The first-order chi connectivity index (χ1) is 9.44. The number of rotatable bonds is 5. The zero-order valence-electron chi connectivity index (χ0n) is 11.4. The molecule has 1 fully saturated rings. The Morgan fingerprint density at radius 1 is 1.25 bits per heavy atom. The maximum Gasteiger partial charge on any atom is 0.325 e. The van der Waals surface area contributed by atoms with Crippen LogP contribution >= 0.6 is 0 Å². The number of imide groups is 1. The molecule has 1 aromatic carbocycles. The Hall–Kier alpha value is -2.37. The van der Waals surface area contributed by atoms with Crippen molar-refractivity contribution in [3.05, 3.63) is 29.8 Å². The average Bonchev–Trinajstić information content (AvgIpc) is 2.61. The third-order valence-electron chi connectivity index (χ3n) is 3.04. The lowest BCUT2D eigenvalue weighted by Crippen LogP contribution is -2.40. The van der Waals surface area contributed by atoms with Crippen molar-refractivity contribution in [2.24, 2.45) is 0 Å². The zero-order valence-corrected chi connectivity index (χ0v) is 11.4. The number of urea groups is 1. The number of hydrogen-bond acceptors (Lipinski definition) is 4. The Balaban J connectivity index is 1.88. The van der Waals surface area contributed by atoms with E-state index in [2.05, 4.69) is 5.32 Å². The summed E-state index contributed by atoms with van der Waals surface area (Å²) in [4.78, 5) is 35.2. The lowest BCUT2D eigenvalue weighted by molar-refractivity contribution is -0.130. The number of carbonyl (C=O) groups is 3. The predicted octanol–water partition coefficient (Wildman–Crippen LogP) is 1.21. The predicted molar refractivity (Wildman–Crippen MR) is 71.6 cm³/mol. The van der Waals surface area contributed by atoms with Crippen LogP contribution in [0.2, 0.25) is 0 Å². The van der Waals surface area contributed by atoms with Crippen LogP contribution in [0.1, 0.15) is 24.2 Å². The van der Waals surface area contributed by atoms with Crippen LogP contribution in [0.3, 0.4) is 0 Å². The second-order valence-corrected chi connectivity index (χ2v) is 5.05. The van der Waals surface area contributed by atoms with Gasteiger partial charge in [0.1, 0.15) is 24.2 Å². The molecule has 3 amide bonds. The average molecular weight is 276 g/mol. The number of benzene rings is 1. The second-order valence-electron chi connectivity index (χ2n) is 5.05. The first-order valence-corrected chi connectivity index (χ1v) is 6.26. The number of nitrogens with one attached hydrogen (secondary N) is 1. The highest BCUT2D eigenvalue weighted by Gasteiger charge is 2.43. The minimum Gasteiger partial charge on any atom is -0.492 e. The maximum absolute atomic E-state index is 11.9. The molecule has 106 valence electrons. The fraction of sp³-hybridized carbons (Fsp3) is 0.357.